The van der Waals surface area contributed by atoms with E-state index in [4.69, 9.17) is 0 Å². The Bertz CT molecular complexity index is 806. The van der Waals surface area contributed by atoms with E-state index in [9.17, 15) is 18.3 Å². The summed E-state index contributed by atoms with van der Waals surface area (Å²) in [7, 11) is -3.62. The molecule has 0 saturated carbocycles. The summed E-state index contributed by atoms with van der Waals surface area (Å²) in [6.07, 6.45) is 1.38. The van der Waals surface area contributed by atoms with E-state index in [1.165, 1.54) is 24.4 Å². The van der Waals surface area contributed by atoms with Crippen molar-refractivity contribution >= 4 is 15.9 Å². The number of sulfonamides is 1. The summed E-state index contributed by atoms with van der Waals surface area (Å²) < 4.78 is 26.6. The zero-order chi connectivity index (χ0) is 16.9. The van der Waals surface area contributed by atoms with Crippen LogP contribution in [0.3, 0.4) is 0 Å². The highest BCUT2D eigenvalue weighted by Crippen LogP contribution is 2.12. The Kier molecular flexibility index (Phi) is 5.30. The number of nitrogens with one attached hydrogen (secondary N) is 2. The Morgan fingerprint density at radius 2 is 2.00 bits per heavy atom. The molecule has 0 bridgehead atoms. The lowest BCUT2D eigenvalue weighted by Crippen LogP contribution is -2.35. The first-order chi connectivity index (χ1) is 10.9. The second-order valence-electron chi connectivity index (χ2n) is 4.84. The summed E-state index contributed by atoms with van der Waals surface area (Å²) in [5, 5.41) is 12.0. The first kappa shape index (κ1) is 16.9. The van der Waals surface area contributed by atoms with Gasteiger partial charge in [-0.15, -0.1) is 0 Å². The first-order valence-electron chi connectivity index (χ1n) is 6.88. The van der Waals surface area contributed by atoms with Gasteiger partial charge in [0, 0.05) is 19.3 Å². The lowest BCUT2D eigenvalue weighted by molar-refractivity contribution is 0.0946. The Morgan fingerprint density at radius 3 is 2.70 bits per heavy atom. The van der Waals surface area contributed by atoms with Gasteiger partial charge in [-0.1, -0.05) is 12.1 Å². The van der Waals surface area contributed by atoms with Crippen molar-refractivity contribution in [2.24, 2.45) is 0 Å². The van der Waals surface area contributed by atoms with Gasteiger partial charge in [0.2, 0.25) is 10.0 Å². The average molecular weight is 335 g/mol. The zero-order valence-corrected chi connectivity index (χ0v) is 13.3. The van der Waals surface area contributed by atoms with Crippen LogP contribution in [0.1, 0.15) is 16.1 Å². The van der Waals surface area contributed by atoms with E-state index < -0.39 is 15.9 Å². The molecule has 0 saturated heterocycles. The molecule has 0 unspecified atom stereocenters. The van der Waals surface area contributed by atoms with E-state index in [0.29, 0.717) is 0 Å². The fourth-order valence-corrected chi connectivity index (χ4v) is 3.02. The normalized spacial score (nSPS) is 11.2. The molecule has 7 nitrogen and oxygen atoms in total. The van der Waals surface area contributed by atoms with Gasteiger partial charge >= 0.3 is 0 Å². The molecule has 8 heteroatoms. The van der Waals surface area contributed by atoms with E-state index >= 15 is 0 Å². The fraction of sp³-hybridized carbons (Fsp3) is 0.200. The maximum Gasteiger partial charge on any atom is 0.273 e. The van der Waals surface area contributed by atoms with Gasteiger partial charge in [-0.25, -0.2) is 18.1 Å². The van der Waals surface area contributed by atoms with Gasteiger partial charge in [0.15, 0.2) is 5.69 Å². The SMILES string of the molecule is Cc1cccc(S(=O)(=O)NCCNC(=O)c2ncccc2O)c1. The van der Waals surface area contributed by atoms with Crippen LogP contribution in [0.15, 0.2) is 47.5 Å². The highest BCUT2D eigenvalue weighted by atomic mass is 32.2. The molecule has 3 N–H and O–H groups in total. The average Bonchev–Trinajstić information content (AvgIpc) is 2.52. The van der Waals surface area contributed by atoms with Crippen LogP contribution >= 0.6 is 0 Å². The van der Waals surface area contributed by atoms with E-state index in [0.717, 1.165) is 5.56 Å². The van der Waals surface area contributed by atoms with Crippen LogP contribution < -0.4 is 10.0 Å². The molecule has 2 aromatic rings. The van der Waals surface area contributed by atoms with Crippen LogP contribution in [-0.4, -0.2) is 37.5 Å². The molecule has 1 amide bonds. The number of aromatic hydroxyl groups is 1. The van der Waals surface area contributed by atoms with Gasteiger partial charge in [0.25, 0.3) is 5.91 Å². The number of amides is 1. The highest BCUT2D eigenvalue weighted by Gasteiger charge is 2.14. The number of rotatable bonds is 6. The summed E-state index contributed by atoms with van der Waals surface area (Å²) >= 11 is 0. The summed E-state index contributed by atoms with van der Waals surface area (Å²) in [6.45, 7) is 1.90. The van der Waals surface area contributed by atoms with E-state index in [1.54, 1.807) is 25.1 Å². The van der Waals surface area contributed by atoms with Crippen LogP contribution in [0.4, 0.5) is 0 Å². The number of pyridine rings is 1. The summed E-state index contributed by atoms with van der Waals surface area (Å²) in [5.74, 6) is -0.803. The van der Waals surface area contributed by atoms with Crippen LogP contribution in [0.2, 0.25) is 0 Å². The molecule has 2 rings (SSSR count). The molecule has 1 aromatic carbocycles. The standard InChI is InChI=1S/C15H17N3O4S/c1-11-4-2-5-12(10-11)23(21,22)18-9-8-17-15(20)14-13(19)6-3-7-16-14/h2-7,10,18-19H,8-9H2,1H3,(H,17,20). The second kappa shape index (κ2) is 7.21. The largest absolute Gasteiger partial charge is 0.505 e. The minimum absolute atomic E-state index is 0.0234. The van der Waals surface area contributed by atoms with Crippen molar-refractivity contribution in [3.8, 4) is 5.75 Å². The number of hydrogen-bond donors (Lipinski definition) is 3. The summed E-state index contributed by atoms with van der Waals surface area (Å²) in [6, 6.07) is 9.38. The number of hydrogen-bond acceptors (Lipinski definition) is 5. The number of carbonyl (C=O) groups excluding carboxylic acids is 1. The quantitative estimate of drug-likeness (QED) is 0.677. The molecule has 0 aliphatic heterocycles. The maximum absolute atomic E-state index is 12.1. The number of aryl methyl sites for hydroxylation is 1. The van der Waals surface area contributed by atoms with Crippen molar-refractivity contribution in [1.29, 1.82) is 0 Å². The Labute approximate surface area is 134 Å². The van der Waals surface area contributed by atoms with Gasteiger partial charge in [0.1, 0.15) is 5.75 Å². The molecule has 0 aliphatic rings. The van der Waals surface area contributed by atoms with Crippen LogP contribution in [0.5, 0.6) is 5.75 Å². The number of aromatic nitrogens is 1. The molecule has 0 aliphatic carbocycles. The third-order valence-corrected chi connectivity index (χ3v) is 4.46. The number of benzene rings is 1. The molecule has 1 aromatic heterocycles. The van der Waals surface area contributed by atoms with Gasteiger partial charge in [-0.05, 0) is 36.8 Å². The third kappa shape index (κ3) is 4.51. The van der Waals surface area contributed by atoms with Gasteiger partial charge in [0.05, 0.1) is 4.90 Å². The summed E-state index contributed by atoms with van der Waals surface area (Å²) in [5.41, 5.74) is 0.737. The number of nitrogens with zero attached hydrogens (tertiary/aromatic N) is 1. The molecule has 0 radical (unpaired) electrons. The number of carbonyl (C=O) groups is 1. The predicted octanol–water partition coefficient (Wildman–Crippen LogP) is 0.804. The molecule has 122 valence electrons. The van der Waals surface area contributed by atoms with Crippen LogP contribution in [0.25, 0.3) is 0 Å². The molecule has 1 heterocycles. The van der Waals surface area contributed by atoms with Crippen molar-refractivity contribution in [3.05, 3.63) is 53.9 Å². The molecule has 0 atom stereocenters. The van der Waals surface area contributed by atoms with Gasteiger partial charge in [-0.2, -0.15) is 0 Å². The van der Waals surface area contributed by atoms with Crippen molar-refractivity contribution in [2.75, 3.05) is 13.1 Å². The highest BCUT2D eigenvalue weighted by molar-refractivity contribution is 7.89. The molecular weight excluding hydrogens is 318 g/mol. The van der Waals surface area contributed by atoms with E-state index in [1.807, 2.05) is 0 Å². The Morgan fingerprint density at radius 1 is 1.22 bits per heavy atom. The smallest absolute Gasteiger partial charge is 0.273 e. The van der Waals surface area contributed by atoms with Gasteiger partial charge in [-0.3, -0.25) is 4.79 Å². The molecule has 23 heavy (non-hydrogen) atoms. The van der Waals surface area contributed by atoms with E-state index in [2.05, 4.69) is 15.0 Å². The first-order valence-corrected chi connectivity index (χ1v) is 8.37. The lowest BCUT2D eigenvalue weighted by Gasteiger charge is -2.09. The Hall–Kier alpha value is -2.45. The zero-order valence-electron chi connectivity index (χ0n) is 12.5. The molecular formula is C15H17N3O4S. The topological polar surface area (TPSA) is 108 Å². The summed E-state index contributed by atoms with van der Waals surface area (Å²) in [4.78, 5) is 15.7. The van der Waals surface area contributed by atoms with Gasteiger partial charge < -0.3 is 10.4 Å². The monoisotopic (exact) mass is 335 g/mol. The Balaban J connectivity index is 1.88. The van der Waals surface area contributed by atoms with Crippen LogP contribution in [-0.2, 0) is 10.0 Å². The predicted molar refractivity (Wildman–Crippen MR) is 84.6 cm³/mol. The molecule has 0 fully saturated rings. The molecule has 0 spiro atoms. The van der Waals surface area contributed by atoms with Crippen molar-refractivity contribution in [2.45, 2.75) is 11.8 Å². The minimum atomic E-state index is -3.62. The van der Waals surface area contributed by atoms with E-state index in [-0.39, 0.29) is 29.4 Å². The third-order valence-electron chi connectivity index (χ3n) is 3.00. The van der Waals surface area contributed by atoms with Crippen molar-refractivity contribution < 1.29 is 18.3 Å². The van der Waals surface area contributed by atoms with Crippen molar-refractivity contribution in [1.82, 2.24) is 15.0 Å². The lowest BCUT2D eigenvalue weighted by atomic mass is 10.2. The fourth-order valence-electron chi connectivity index (χ4n) is 1.88. The second-order valence-corrected chi connectivity index (χ2v) is 6.61. The van der Waals surface area contributed by atoms with Crippen molar-refractivity contribution in [3.63, 3.8) is 0 Å². The maximum atomic E-state index is 12.1. The minimum Gasteiger partial charge on any atom is -0.505 e. The van der Waals surface area contributed by atoms with Crippen LogP contribution in [0, 0.1) is 6.92 Å².